The van der Waals surface area contributed by atoms with Crippen LogP contribution in [0.3, 0.4) is 0 Å². The van der Waals surface area contributed by atoms with Crippen molar-refractivity contribution in [3.8, 4) is 0 Å². The first-order valence-corrected chi connectivity index (χ1v) is 13.1. The smallest absolute Gasteiger partial charge is 0.301 e. The van der Waals surface area contributed by atoms with E-state index >= 15 is 0 Å². The minimum Gasteiger partial charge on any atom is -0.301 e. The Bertz CT molecular complexity index is 734. The van der Waals surface area contributed by atoms with Crippen LogP contribution in [0.2, 0.25) is 0 Å². The van der Waals surface area contributed by atoms with Crippen LogP contribution in [0.4, 0.5) is 13.2 Å². The maximum Gasteiger partial charge on any atom is 0.412 e. The van der Waals surface area contributed by atoms with Crippen LogP contribution >= 0.6 is 0 Å². The number of alkyl halides is 3. The number of halogens is 3. The zero-order valence-electron chi connectivity index (χ0n) is 19.8. The van der Waals surface area contributed by atoms with Gasteiger partial charge in [0.1, 0.15) is 0 Å². The molecule has 0 aromatic heterocycles. The molecule has 0 bridgehead atoms. The van der Waals surface area contributed by atoms with Gasteiger partial charge in [0.15, 0.2) is 0 Å². The van der Waals surface area contributed by atoms with Crippen LogP contribution in [0, 0.1) is 23.7 Å². The number of unbranched alkanes of at least 4 members (excludes halogenated alkanes) is 1. The van der Waals surface area contributed by atoms with Gasteiger partial charge in [0, 0.05) is 12.1 Å². The number of rotatable bonds is 8. The molecule has 0 radical (unpaired) electrons. The second-order valence-corrected chi connectivity index (χ2v) is 10.6. The second kappa shape index (κ2) is 11.5. The fraction of sp³-hybridized carbons (Fsp3) is 0.778. The van der Waals surface area contributed by atoms with Crippen LogP contribution in [0.25, 0.3) is 0 Å². The predicted molar refractivity (Wildman–Crippen MR) is 125 cm³/mol. The van der Waals surface area contributed by atoms with Gasteiger partial charge in [0.2, 0.25) is 0 Å². The number of likely N-dealkylation sites (tertiary alicyclic amines) is 1. The van der Waals surface area contributed by atoms with Gasteiger partial charge in [-0.15, -0.1) is 0 Å². The molecule has 1 saturated heterocycles. The summed E-state index contributed by atoms with van der Waals surface area (Å²) in [6.07, 6.45) is 14.2. The molecule has 0 spiro atoms. The zero-order valence-corrected chi connectivity index (χ0v) is 19.8. The van der Waals surface area contributed by atoms with Crippen molar-refractivity contribution in [2.24, 2.45) is 23.7 Å². The molecular formula is C27H40F3NO2. The molecule has 1 aliphatic heterocycles. The van der Waals surface area contributed by atoms with Crippen LogP contribution in [-0.2, 0) is 4.89 Å². The molecule has 6 heteroatoms. The molecule has 0 aromatic carbocycles. The Balaban J connectivity index is 1.33. The first kappa shape index (κ1) is 25.0. The lowest BCUT2D eigenvalue weighted by Gasteiger charge is -2.43. The number of hydrogen-bond acceptors (Lipinski definition) is 3. The van der Waals surface area contributed by atoms with Gasteiger partial charge in [-0.1, -0.05) is 55.1 Å². The average Bonchev–Trinajstić information content (AvgIpc) is 3.05. The van der Waals surface area contributed by atoms with E-state index in [1.54, 1.807) is 0 Å². The van der Waals surface area contributed by atoms with Crippen LogP contribution in [0.15, 0.2) is 34.9 Å². The van der Waals surface area contributed by atoms with E-state index < -0.39 is 6.18 Å². The average molecular weight is 468 g/mol. The standard InChI is InChI=1S/C27H40F3NO2/c28-27(29,30)23-11-10-22-18-21-7-2-1-3-8-24(21)25(26(22)19-23)9-5-4-6-20-12-14-31(15-13-20)16-17-33-32/h8,10-11,20-21,25-26,32H,1-7,9,12-19H2. The molecule has 1 N–H and O–H groups in total. The SMILES string of the molecule is OOCCN1CCC(CCCCC2C3=CCCCCC3CC3=CC=C(C(F)(F)F)CC32)CC1. The van der Waals surface area contributed by atoms with Crippen molar-refractivity contribution in [1.82, 2.24) is 4.90 Å². The molecule has 3 unspecified atom stereocenters. The highest BCUT2D eigenvalue weighted by Crippen LogP contribution is 2.52. The Morgan fingerprint density at radius 2 is 1.79 bits per heavy atom. The summed E-state index contributed by atoms with van der Waals surface area (Å²) in [7, 11) is 0. The molecule has 33 heavy (non-hydrogen) atoms. The van der Waals surface area contributed by atoms with Crippen molar-refractivity contribution in [3.63, 3.8) is 0 Å². The van der Waals surface area contributed by atoms with Gasteiger partial charge < -0.3 is 4.90 Å². The van der Waals surface area contributed by atoms with Gasteiger partial charge in [0.25, 0.3) is 0 Å². The Morgan fingerprint density at radius 1 is 1.00 bits per heavy atom. The molecule has 4 aliphatic rings. The van der Waals surface area contributed by atoms with Crippen molar-refractivity contribution in [1.29, 1.82) is 0 Å². The van der Waals surface area contributed by atoms with Crippen molar-refractivity contribution in [2.75, 3.05) is 26.2 Å². The Hall–Kier alpha value is -1.11. The van der Waals surface area contributed by atoms with Gasteiger partial charge >= 0.3 is 6.18 Å². The summed E-state index contributed by atoms with van der Waals surface area (Å²) in [6.45, 7) is 3.28. The Labute approximate surface area is 196 Å². The first-order valence-electron chi connectivity index (χ1n) is 13.1. The van der Waals surface area contributed by atoms with Crippen LogP contribution in [0.1, 0.15) is 77.0 Å². The quantitative estimate of drug-likeness (QED) is 0.176. The molecule has 186 valence electrons. The van der Waals surface area contributed by atoms with Crippen molar-refractivity contribution in [3.05, 3.63) is 34.9 Å². The van der Waals surface area contributed by atoms with Gasteiger partial charge in [-0.2, -0.15) is 13.2 Å². The second-order valence-electron chi connectivity index (χ2n) is 10.6. The van der Waals surface area contributed by atoms with E-state index in [-0.39, 0.29) is 17.9 Å². The van der Waals surface area contributed by atoms with E-state index in [0.717, 1.165) is 51.2 Å². The lowest BCUT2D eigenvalue weighted by atomic mass is 9.62. The molecule has 0 aromatic rings. The highest BCUT2D eigenvalue weighted by atomic mass is 19.4. The number of nitrogens with zero attached hydrogens (tertiary/aromatic N) is 1. The third-order valence-electron chi connectivity index (χ3n) is 8.62. The fourth-order valence-corrected chi connectivity index (χ4v) is 6.76. The van der Waals surface area contributed by atoms with Crippen LogP contribution in [0.5, 0.6) is 0 Å². The van der Waals surface area contributed by atoms with Crippen LogP contribution < -0.4 is 0 Å². The number of allylic oxidation sites excluding steroid dienone is 6. The van der Waals surface area contributed by atoms with E-state index in [9.17, 15) is 13.2 Å². The van der Waals surface area contributed by atoms with E-state index in [2.05, 4.69) is 15.9 Å². The number of hydrogen-bond donors (Lipinski definition) is 1. The molecule has 3 nitrogen and oxygen atoms in total. The molecule has 0 amide bonds. The molecule has 1 heterocycles. The molecule has 3 atom stereocenters. The van der Waals surface area contributed by atoms with Crippen LogP contribution in [-0.4, -0.2) is 42.6 Å². The largest absolute Gasteiger partial charge is 0.412 e. The zero-order chi connectivity index (χ0) is 23.3. The van der Waals surface area contributed by atoms with Crippen molar-refractivity contribution >= 4 is 0 Å². The minimum absolute atomic E-state index is 0.0456. The predicted octanol–water partition coefficient (Wildman–Crippen LogP) is 7.32. The highest BCUT2D eigenvalue weighted by Gasteiger charge is 2.43. The summed E-state index contributed by atoms with van der Waals surface area (Å²) >= 11 is 0. The van der Waals surface area contributed by atoms with E-state index in [1.807, 2.05) is 6.08 Å². The third kappa shape index (κ3) is 6.52. The maximum atomic E-state index is 13.5. The van der Waals surface area contributed by atoms with E-state index in [4.69, 9.17) is 5.26 Å². The topological polar surface area (TPSA) is 32.7 Å². The summed E-state index contributed by atoms with van der Waals surface area (Å²) in [6, 6.07) is 0. The molecule has 4 rings (SSSR count). The normalized spacial score (nSPS) is 29.5. The van der Waals surface area contributed by atoms with Gasteiger partial charge in [-0.3, -0.25) is 5.26 Å². The number of fused-ring (bicyclic) bond motifs is 2. The monoisotopic (exact) mass is 467 g/mol. The third-order valence-corrected chi connectivity index (χ3v) is 8.62. The fourth-order valence-electron chi connectivity index (χ4n) is 6.76. The van der Waals surface area contributed by atoms with Gasteiger partial charge in [-0.05, 0) is 88.1 Å². The lowest BCUT2D eigenvalue weighted by Crippen LogP contribution is -2.36. The van der Waals surface area contributed by atoms with Crippen molar-refractivity contribution in [2.45, 2.75) is 83.2 Å². The van der Waals surface area contributed by atoms with Crippen molar-refractivity contribution < 1.29 is 23.3 Å². The molecular weight excluding hydrogens is 427 g/mol. The summed E-state index contributed by atoms with van der Waals surface area (Å²) < 4.78 is 40.5. The summed E-state index contributed by atoms with van der Waals surface area (Å²) in [5.74, 6) is 1.63. The summed E-state index contributed by atoms with van der Waals surface area (Å²) in [5, 5.41) is 8.52. The lowest BCUT2D eigenvalue weighted by molar-refractivity contribution is -0.244. The van der Waals surface area contributed by atoms with E-state index in [0.29, 0.717) is 18.4 Å². The van der Waals surface area contributed by atoms with E-state index in [1.165, 1.54) is 62.2 Å². The number of piperidine rings is 1. The Kier molecular flexibility index (Phi) is 8.75. The van der Waals surface area contributed by atoms with Gasteiger partial charge in [-0.25, -0.2) is 4.89 Å². The van der Waals surface area contributed by atoms with Gasteiger partial charge in [0.05, 0.1) is 6.61 Å². The Morgan fingerprint density at radius 3 is 2.55 bits per heavy atom. The first-order chi connectivity index (χ1) is 16.0. The molecule has 1 saturated carbocycles. The minimum atomic E-state index is -4.21. The molecule has 3 aliphatic carbocycles. The summed E-state index contributed by atoms with van der Waals surface area (Å²) in [5.41, 5.74) is 2.43. The maximum absolute atomic E-state index is 13.5. The summed E-state index contributed by atoms with van der Waals surface area (Å²) in [4.78, 5) is 6.54. The molecule has 2 fully saturated rings. The highest BCUT2D eigenvalue weighted by molar-refractivity contribution is 5.36.